The van der Waals surface area contributed by atoms with Crippen molar-refractivity contribution in [2.45, 2.75) is 84.7 Å². The quantitative estimate of drug-likeness (QED) is 0.347. The second-order valence-electron chi connectivity index (χ2n) is 6.78. The first-order valence-electron chi connectivity index (χ1n) is 9.23. The molecule has 0 aliphatic heterocycles. The van der Waals surface area contributed by atoms with E-state index in [4.69, 9.17) is 4.74 Å². The number of hydrogen-bond acceptors (Lipinski definition) is 3. The van der Waals surface area contributed by atoms with E-state index >= 15 is 0 Å². The van der Waals surface area contributed by atoms with Crippen molar-refractivity contribution in [1.29, 1.82) is 0 Å². The van der Waals surface area contributed by atoms with E-state index in [0.29, 0.717) is 13.0 Å². The highest BCUT2D eigenvalue weighted by Crippen LogP contribution is 2.13. The molecule has 0 unspecified atom stereocenters. The van der Waals surface area contributed by atoms with E-state index in [9.17, 15) is 4.79 Å². The molecule has 1 aromatic rings. The van der Waals surface area contributed by atoms with Gasteiger partial charge < -0.3 is 4.74 Å². The summed E-state index contributed by atoms with van der Waals surface area (Å²) in [5, 5.41) is 0. The van der Waals surface area contributed by atoms with Crippen LogP contribution in [0.5, 0.6) is 0 Å². The maximum atomic E-state index is 11.6. The molecule has 0 N–H and O–H groups in total. The fourth-order valence-corrected chi connectivity index (χ4v) is 2.60. The number of carbonyl (C=O) groups is 1. The molecule has 0 amide bonds. The van der Waals surface area contributed by atoms with Crippen molar-refractivity contribution in [3.05, 3.63) is 30.1 Å². The van der Waals surface area contributed by atoms with Crippen LogP contribution < -0.4 is 0 Å². The highest BCUT2D eigenvalue weighted by Gasteiger charge is 2.03. The zero-order valence-electron chi connectivity index (χ0n) is 14.9. The van der Waals surface area contributed by atoms with Crippen molar-refractivity contribution in [1.82, 2.24) is 4.98 Å². The Morgan fingerprint density at radius 3 is 2.30 bits per heavy atom. The monoisotopic (exact) mass is 319 g/mol. The number of carbonyl (C=O) groups excluding carboxylic acids is 1. The van der Waals surface area contributed by atoms with Gasteiger partial charge in [-0.05, 0) is 18.4 Å². The number of unbranched alkanes of at least 4 members (excludes halogenated alkanes) is 7. The van der Waals surface area contributed by atoms with E-state index < -0.39 is 0 Å². The second kappa shape index (κ2) is 13.1. The van der Waals surface area contributed by atoms with E-state index in [1.54, 1.807) is 12.4 Å². The van der Waals surface area contributed by atoms with E-state index in [-0.39, 0.29) is 5.97 Å². The molecule has 1 rings (SSSR count). The maximum absolute atomic E-state index is 11.6. The van der Waals surface area contributed by atoms with Gasteiger partial charge in [0.2, 0.25) is 0 Å². The van der Waals surface area contributed by atoms with Crippen molar-refractivity contribution in [2.75, 3.05) is 0 Å². The van der Waals surface area contributed by atoms with Gasteiger partial charge in [0.1, 0.15) is 6.61 Å². The fraction of sp³-hybridized carbons (Fsp3) is 0.700. The summed E-state index contributed by atoms with van der Waals surface area (Å²) in [7, 11) is 0. The van der Waals surface area contributed by atoms with Gasteiger partial charge in [-0.3, -0.25) is 9.78 Å². The first kappa shape index (κ1) is 19.7. The lowest BCUT2D eigenvalue weighted by Gasteiger charge is -2.05. The molecule has 0 bridgehead atoms. The van der Waals surface area contributed by atoms with Gasteiger partial charge in [-0.25, -0.2) is 0 Å². The molecule has 1 aromatic heterocycles. The molecule has 0 fully saturated rings. The van der Waals surface area contributed by atoms with Crippen molar-refractivity contribution < 1.29 is 9.53 Å². The van der Waals surface area contributed by atoms with Crippen LogP contribution in [0.3, 0.4) is 0 Å². The Kier molecular flexibility index (Phi) is 11.2. The summed E-state index contributed by atoms with van der Waals surface area (Å²) >= 11 is 0. The van der Waals surface area contributed by atoms with Crippen LogP contribution in [0.4, 0.5) is 0 Å². The van der Waals surface area contributed by atoms with Crippen molar-refractivity contribution in [3.63, 3.8) is 0 Å². The predicted molar refractivity (Wildman–Crippen MR) is 95.0 cm³/mol. The summed E-state index contributed by atoms with van der Waals surface area (Å²) in [5.74, 6) is 0.746. The minimum atomic E-state index is -0.0949. The average molecular weight is 319 g/mol. The molecule has 3 heteroatoms. The van der Waals surface area contributed by atoms with Gasteiger partial charge in [0.05, 0.1) is 0 Å². The second-order valence-corrected chi connectivity index (χ2v) is 6.78. The van der Waals surface area contributed by atoms with Crippen LogP contribution in [0.2, 0.25) is 0 Å². The first-order chi connectivity index (χ1) is 11.2. The van der Waals surface area contributed by atoms with Gasteiger partial charge in [-0.1, -0.05) is 71.3 Å². The standard InChI is InChI=1S/C20H33NO2/c1-18(2)12-9-7-5-3-4-6-8-10-14-20(22)23-17-19-13-11-15-21-16-19/h11,13,15-16,18H,3-10,12,14,17H2,1-2H3. The van der Waals surface area contributed by atoms with Crippen LogP contribution in [-0.2, 0) is 16.1 Å². The highest BCUT2D eigenvalue weighted by atomic mass is 16.5. The smallest absolute Gasteiger partial charge is 0.306 e. The third-order valence-electron chi connectivity index (χ3n) is 4.03. The van der Waals surface area contributed by atoms with E-state index in [2.05, 4.69) is 18.8 Å². The molecule has 0 radical (unpaired) electrons. The molecule has 0 aliphatic rings. The Hall–Kier alpha value is -1.38. The number of aromatic nitrogens is 1. The Bertz CT molecular complexity index is 403. The lowest BCUT2D eigenvalue weighted by atomic mass is 10.0. The van der Waals surface area contributed by atoms with Gasteiger partial charge in [0, 0.05) is 24.4 Å². The minimum Gasteiger partial charge on any atom is -0.461 e. The molecule has 0 saturated heterocycles. The SMILES string of the molecule is CC(C)CCCCCCCCCCC(=O)OCc1cccnc1. The number of rotatable bonds is 13. The van der Waals surface area contributed by atoms with Crippen molar-refractivity contribution >= 4 is 5.97 Å². The number of ether oxygens (including phenoxy) is 1. The Labute approximate surface area is 141 Å². The Morgan fingerprint density at radius 1 is 1.04 bits per heavy atom. The third kappa shape index (κ3) is 11.8. The average Bonchev–Trinajstić information content (AvgIpc) is 2.55. The van der Waals surface area contributed by atoms with Crippen LogP contribution in [-0.4, -0.2) is 11.0 Å². The lowest BCUT2D eigenvalue weighted by Crippen LogP contribution is -2.04. The molecule has 1 heterocycles. The molecule has 0 spiro atoms. The summed E-state index contributed by atoms with van der Waals surface area (Å²) in [4.78, 5) is 15.6. The van der Waals surface area contributed by atoms with E-state index in [1.807, 2.05) is 12.1 Å². The Morgan fingerprint density at radius 2 is 1.70 bits per heavy atom. The Balaban J connectivity index is 1.86. The molecule has 3 nitrogen and oxygen atoms in total. The summed E-state index contributed by atoms with van der Waals surface area (Å²) in [6.07, 6.45) is 15.4. The van der Waals surface area contributed by atoms with Gasteiger partial charge in [-0.15, -0.1) is 0 Å². The number of esters is 1. The van der Waals surface area contributed by atoms with Gasteiger partial charge >= 0.3 is 5.97 Å². The topological polar surface area (TPSA) is 39.2 Å². The summed E-state index contributed by atoms with van der Waals surface area (Å²) in [5.41, 5.74) is 0.943. The van der Waals surface area contributed by atoms with Gasteiger partial charge in [0.15, 0.2) is 0 Å². The largest absolute Gasteiger partial charge is 0.461 e. The molecule has 130 valence electrons. The zero-order valence-corrected chi connectivity index (χ0v) is 14.9. The summed E-state index contributed by atoms with van der Waals surface area (Å²) in [6, 6.07) is 3.77. The van der Waals surface area contributed by atoms with E-state index in [1.165, 1.54) is 44.9 Å². The molecule has 0 aliphatic carbocycles. The van der Waals surface area contributed by atoms with Gasteiger partial charge in [0.25, 0.3) is 0 Å². The predicted octanol–water partition coefficient (Wildman–Crippen LogP) is 5.68. The minimum absolute atomic E-state index is 0.0949. The van der Waals surface area contributed by atoms with Crippen molar-refractivity contribution in [3.8, 4) is 0 Å². The molecular weight excluding hydrogens is 286 g/mol. The summed E-state index contributed by atoms with van der Waals surface area (Å²) < 4.78 is 5.24. The fourth-order valence-electron chi connectivity index (χ4n) is 2.60. The summed E-state index contributed by atoms with van der Waals surface area (Å²) in [6.45, 7) is 4.92. The third-order valence-corrected chi connectivity index (χ3v) is 4.03. The maximum Gasteiger partial charge on any atom is 0.306 e. The zero-order chi connectivity index (χ0) is 16.8. The molecule has 0 saturated carbocycles. The van der Waals surface area contributed by atoms with Crippen molar-refractivity contribution in [2.24, 2.45) is 5.92 Å². The normalized spacial score (nSPS) is 10.9. The number of hydrogen-bond donors (Lipinski definition) is 0. The number of nitrogens with zero attached hydrogens (tertiary/aromatic N) is 1. The van der Waals surface area contributed by atoms with Crippen LogP contribution in [0.1, 0.15) is 83.6 Å². The highest BCUT2D eigenvalue weighted by molar-refractivity contribution is 5.69. The lowest BCUT2D eigenvalue weighted by molar-refractivity contribution is -0.145. The van der Waals surface area contributed by atoms with Crippen LogP contribution in [0.25, 0.3) is 0 Å². The number of pyridine rings is 1. The first-order valence-corrected chi connectivity index (χ1v) is 9.23. The molecule has 0 atom stereocenters. The van der Waals surface area contributed by atoms with Gasteiger partial charge in [-0.2, -0.15) is 0 Å². The molecule has 23 heavy (non-hydrogen) atoms. The van der Waals surface area contributed by atoms with E-state index in [0.717, 1.165) is 24.3 Å². The van der Waals surface area contributed by atoms with Crippen LogP contribution in [0.15, 0.2) is 24.5 Å². The van der Waals surface area contributed by atoms with Crippen LogP contribution >= 0.6 is 0 Å². The molecular formula is C20H33NO2. The van der Waals surface area contributed by atoms with Crippen LogP contribution in [0, 0.1) is 5.92 Å². The molecule has 0 aromatic carbocycles.